The molecule has 0 aliphatic carbocycles. The minimum absolute atomic E-state index is 0.621. The Morgan fingerprint density at radius 1 is 1.31 bits per heavy atom. The van der Waals surface area contributed by atoms with Gasteiger partial charge in [-0.25, -0.2) is 0 Å². The molecule has 0 N–H and O–H groups in total. The molecule has 4 heteroatoms. The van der Waals surface area contributed by atoms with E-state index in [0.717, 1.165) is 28.0 Å². The Morgan fingerprint density at radius 3 is 2.62 bits per heavy atom. The summed E-state index contributed by atoms with van der Waals surface area (Å²) in [5.41, 5.74) is 1.00. The fourth-order valence-electron chi connectivity index (χ4n) is 1.32. The second-order valence-corrected chi connectivity index (χ2v) is 4.26. The zero-order chi connectivity index (χ0) is 12.0. The highest BCUT2D eigenvalue weighted by Gasteiger charge is 2.10. The van der Waals surface area contributed by atoms with Crippen LogP contribution in [0.1, 0.15) is 12.0 Å². The number of rotatable bonds is 5. The normalized spacial score (nSPS) is 10.8. The van der Waals surface area contributed by atoms with Crippen LogP contribution in [-0.2, 0) is 0 Å². The lowest BCUT2D eigenvalue weighted by atomic mass is 10.1. The van der Waals surface area contributed by atoms with Crippen molar-refractivity contribution in [2.45, 2.75) is 6.42 Å². The van der Waals surface area contributed by atoms with Crippen molar-refractivity contribution in [1.29, 1.82) is 0 Å². The zero-order valence-corrected chi connectivity index (χ0v) is 11.6. The standard InChI is InChI=1S/C12H14BrClO2/c1-15-10-7-6-9(5-3-4-8-14)12(16-2)11(10)13/h3,5-7H,4,8H2,1-2H3/b5-3+. The van der Waals surface area contributed by atoms with E-state index in [1.807, 2.05) is 24.3 Å². The fraction of sp³-hybridized carbons (Fsp3) is 0.333. The van der Waals surface area contributed by atoms with Gasteiger partial charge < -0.3 is 9.47 Å². The second-order valence-electron chi connectivity index (χ2n) is 3.08. The van der Waals surface area contributed by atoms with Crippen LogP contribution in [0, 0.1) is 0 Å². The van der Waals surface area contributed by atoms with Crippen molar-refractivity contribution in [3.05, 3.63) is 28.2 Å². The highest BCUT2D eigenvalue weighted by atomic mass is 79.9. The van der Waals surface area contributed by atoms with Crippen molar-refractivity contribution in [3.63, 3.8) is 0 Å². The summed E-state index contributed by atoms with van der Waals surface area (Å²) < 4.78 is 11.4. The molecule has 88 valence electrons. The average Bonchev–Trinajstić information content (AvgIpc) is 2.30. The third-order valence-electron chi connectivity index (χ3n) is 2.09. The van der Waals surface area contributed by atoms with Crippen molar-refractivity contribution in [2.24, 2.45) is 0 Å². The van der Waals surface area contributed by atoms with Crippen LogP contribution >= 0.6 is 27.5 Å². The second kappa shape index (κ2) is 6.81. The van der Waals surface area contributed by atoms with Crippen molar-refractivity contribution in [1.82, 2.24) is 0 Å². The van der Waals surface area contributed by atoms with E-state index in [9.17, 15) is 0 Å². The minimum atomic E-state index is 0.621. The van der Waals surface area contributed by atoms with Crippen LogP contribution in [0.15, 0.2) is 22.7 Å². The lowest BCUT2D eigenvalue weighted by Gasteiger charge is -2.10. The summed E-state index contributed by atoms with van der Waals surface area (Å²) >= 11 is 9.06. The van der Waals surface area contributed by atoms with Gasteiger partial charge in [-0.05, 0) is 34.5 Å². The molecule has 0 aromatic heterocycles. The SMILES string of the molecule is COc1ccc(/C=C/CCCl)c(OC)c1Br. The molecule has 2 nitrogen and oxygen atoms in total. The first-order chi connectivity index (χ1) is 7.74. The predicted molar refractivity (Wildman–Crippen MR) is 71.6 cm³/mol. The van der Waals surface area contributed by atoms with Gasteiger partial charge in [0.2, 0.25) is 0 Å². The predicted octanol–water partition coefficient (Wildman–Crippen LogP) is 4.11. The fourth-order valence-corrected chi connectivity index (χ4v) is 2.13. The van der Waals surface area contributed by atoms with E-state index in [2.05, 4.69) is 15.9 Å². The summed E-state index contributed by atoms with van der Waals surface area (Å²) in [7, 11) is 3.26. The van der Waals surface area contributed by atoms with Crippen LogP contribution in [-0.4, -0.2) is 20.1 Å². The number of halogens is 2. The molecule has 1 rings (SSSR count). The first-order valence-electron chi connectivity index (χ1n) is 4.87. The highest BCUT2D eigenvalue weighted by Crippen LogP contribution is 2.37. The molecule has 1 aromatic carbocycles. The molecule has 16 heavy (non-hydrogen) atoms. The van der Waals surface area contributed by atoms with Gasteiger partial charge in [0.05, 0.1) is 14.2 Å². The van der Waals surface area contributed by atoms with E-state index in [1.165, 1.54) is 0 Å². The molecule has 0 fully saturated rings. The Balaban J connectivity index is 3.05. The smallest absolute Gasteiger partial charge is 0.144 e. The maximum absolute atomic E-state index is 5.61. The zero-order valence-electron chi connectivity index (χ0n) is 9.30. The van der Waals surface area contributed by atoms with Crippen LogP contribution in [0.4, 0.5) is 0 Å². The molecule has 0 saturated carbocycles. The molecule has 0 spiro atoms. The molecular weight excluding hydrogens is 291 g/mol. The van der Waals surface area contributed by atoms with Crippen molar-refractivity contribution < 1.29 is 9.47 Å². The maximum Gasteiger partial charge on any atom is 0.144 e. The number of methoxy groups -OCH3 is 2. The summed E-state index contributed by atoms with van der Waals surface area (Å²) in [6.07, 6.45) is 4.85. The maximum atomic E-state index is 5.61. The Hall–Kier alpha value is -0.670. The Morgan fingerprint density at radius 2 is 2.06 bits per heavy atom. The number of ether oxygens (including phenoxy) is 2. The van der Waals surface area contributed by atoms with Crippen molar-refractivity contribution >= 4 is 33.6 Å². The lowest BCUT2D eigenvalue weighted by Crippen LogP contribution is -1.92. The van der Waals surface area contributed by atoms with Crippen LogP contribution in [0.5, 0.6) is 11.5 Å². The highest BCUT2D eigenvalue weighted by molar-refractivity contribution is 9.10. The molecule has 0 unspecified atom stereocenters. The number of benzene rings is 1. The van der Waals surface area contributed by atoms with E-state index in [-0.39, 0.29) is 0 Å². The molecule has 0 bridgehead atoms. The van der Waals surface area contributed by atoms with Crippen LogP contribution < -0.4 is 9.47 Å². The third-order valence-corrected chi connectivity index (χ3v) is 3.06. The summed E-state index contributed by atoms with van der Waals surface area (Å²) in [4.78, 5) is 0. The molecule has 0 radical (unpaired) electrons. The van der Waals surface area contributed by atoms with Gasteiger partial charge in [0.15, 0.2) is 0 Å². The van der Waals surface area contributed by atoms with Gasteiger partial charge in [0.1, 0.15) is 16.0 Å². The summed E-state index contributed by atoms with van der Waals surface area (Å²) in [5.74, 6) is 2.15. The first kappa shape index (κ1) is 13.4. The van der Waals surface area contributed by atoms with Gasteiger partial charge in [-0.2, -0.15) is 0 Å². The van der Waals surface area contributed by atoms with Gasteiger partial charge >= 0.3 is 0 Å². The van der Waals surface area contributed by atoms with Gasteiger partial charge in [0.25, 0.3) is 0 Å². The quantitative estimate of drug-likeness (QED) is 0.762. The molecule has 0 atom stereocenters. The molecular formula is C12H14BrClO2. The van der Waals surface area contributed by atoms with Crippen LogP contribution in [0.2, 0.25) is 0 Å². The van der Waals surface area contributed by atoms with E-state index >= 15 is 0 Å². The third kappa shape index (κ3) is 3.16. The van der Waals surface area contributed by atoms with E-state index in [4.69, 9.17) is 21.1 Å². The Labute approximate surface area is 109 Å². The lowest BCUT2D eigenvalue weighted by molar-refractivity contribution is 0.389. The summed E-state index contributed by atoms with van der Waals surface area (Å²) in [5, 5.41) is 0. The van der Waals surface area contributed by atoms with Gasteiger partial charge in [-0.1, -0.05) is 12.2 Å². The van der Waals surface area contributed by atoms with Crippen LogP contribution in [0.25, 0.3) is 6.08 Å². The van der Waals surface area contributed by atoms with E-state index in [1.54, 1.807) is 14.2 Å². The molecule has 0 aliphatic heterocycles. The summed E-state index contributed by atoms with van der Waals surface area (Å²) in [6.45, 7) is 0. The molecule has 1 aromatic rings. The Kier molecular flexibility index (Phi) is 5.71. The van der Waals surface area contributed by atoms with E-state index in [0.29, 0.717) is 5.88 Å². The monoisotopic (exact) mass is 304 g/mol. The number of hydrogen-bond donors (Lipinski definition) is 0. The minimum Gasteiger partial charge on any atom is -0.495 e. The van der Waals surface area contributed by atoms with Gasteiger partial charge in [-0.15, -0.1) is 11.6 Å². The number of hydrogen-bond acceptors (Lipinski definition) is 2. The molecule has 0 heterocycles. The Bertz CT molecular complexity index is 378. The molecule has 0 saturated heterocycles. The topological polar surface area (TPSA) is 18.5 Å². The number of alkyl halides is 1. The van der Waals surface area contributed by atoms with Gasteiger partial charge in [-0.3, -0.25) is 0 Å². The van der Waals surface area contributed by atoms with Gasteiger partial charge in [0, 0.05) is 11.4 Å². The van der Waals surface area contributed by atoms with Crippen molar-refractivity contribution in [3.8, 4) is 11.5 Å². The first-order valence-corrected chi connectivity index (χ1v) is 6.20. The molecule has 0 amide bonds. The van der Waals surface area contributed by atoms with E-state index < -0.39 is 0 Å². The van der Waals surface area contributed by atoms with Crippen molar-refractivity contribution in [2.75, 3.05) is 20.1 Å². The average molecular weight is 306 g/mol. The largest absolute Gasteiger partial charge is 0.495 e. The summed E-state index contributed by atoms with van der Waals surface area (Å²) in [6, 6.07) is 3.85. The van der Waals surface area contributed by atoms with Crippen LogP contribution in [0.3, 0.4) is 0 Å². The number of allylic oxidation sites excluding steroid dienone is 1. The molecule has 0 aliphatic rings.